The van der Waals surface area contributed by atoms with E-state index in [1.165, 1.54) is 31.5 Å². The van der Waals surface area contributed by atoms with Crippen molar-refractivity contribution in [3.05, 3.63) is 75.9 Å². The Hall–Kier alpha value is -3.31. The van der Waals surface area contributed by atoms with Crippen molar-refractivity contribution in [2.75, 3.05) is 20.3 Å². The lowest BCUT2D eigenvalue weighted by Gasteiger charge is -2.19. The molecule has 0 bridgehead atoms. The Morgan fingerprint density at radius 3 is 2.63 bits per heavy atom. The van der Waals surface area contributed by atoms with Gasteiger partial charge in [-0.15, -0.1) is 0 Å². The van der Waals surface area contributed by atoms with Crippen molar-refractivity contribution in [3.8, 4) is 0 Å². The number of hydrogen-bond acceptors (Lipinski definition) is 7. The number of aromatic nitrogens is 3. The number of para-hydroxylation sites is 2. The largest absolute Gasteiger partial charge is 0.805 e. The van der Waals surface area contributed by atoms with Crippen LogP contribution in [0.4, 0.5) is 0 Å². The fourth-order valence-electron chi connectivity index (χ4n) is 2.96. The van der Waals surface area contributed by atoms with Crippen LogP contribution in [-0.2, 0) is 26.1 Å². The Kier molecular flexibility index (Phi) is 6.43. The number of benzene rings is 1. The van der Waals surface area contributed by atoms with Crippen LogP contribution in [0.25, 0.3) is 11.0 Å². The molecule has 158 valence electrons. The third kappa shape index (κ3) is 4.63. The van der Waals surface area contributed by atoms with Crippen LogP contribution < -0.4 is 9.74 Å². The molecule has 0 saturated heterocycles. The molecule has 0 aliphatic rings. The van der Waals surface area contributed by atoms with Crippen LogP contribution in [-0.4, -0.2) is 44.3 Å². The summed E-state index contributed by atoms with van der Waals surface area (Å²) in [5.74, 6) is -2.10. The number of rotatable bonds is 8. The number of amides is 1. The van der Waals surface area contributed by atoms with Gasteiger partial charge in [0.15, 0.2) is 9.84 Å². The Morgan fingerprint density at radius 1 is 1.20 bits per heavy atom. The van der Waals surface area contributed by atoms with Crippen molar-refractivity contribution in [1.29, 1.82) is 0 Å². The van der Waals surface area contributed by atoms with E-state index in [-0.39, 0.29) is 34.3 Å². The molecule has 1 amide bonds. The molecular weight excluding hydrogens is 412 g/mol. The SMILES string of the molecule is COCCNC(=O)c1c(CS(=O)(=O)Cc2ccccn2)n([O-])c2ccccc2[n+]1=O. The summed E-state index contributed by atoms with van der Waals surface area (Å²) >= 11 is 0. The summed E-state index contributed by atoms with van der Waals surface area (Å²) in [4.78, 5) is 29.5. The molecule has 1 N–H and O–H groups in total. The van der Waals surface area contributed by atoms with E-state index in [1.807, 2.05) is 0 Å². The van der Waals surface area contributed by atoms with Gasteiger partial charge in [0.25, 0.3) is 5.52 Å². The van der Waals surface area contributed by atoms with Crippen LogP contribution >= 0.6 is 0 Å². The van der Waals surface area contributed by atoms with Crippen LogP contribution in [0.3, 0.4) is 0 Å². The summed E-state index contributed by atoms with van der Waals surface area (Å²) in [5, 5.41) is 15.4. The first-order chi connectivity index (χ1) is 14.3. The maximum atomic E-state index is 12.9. The van der Waals surface area contributed by atoms with E-state index in [4.69, 9.17) is 4.74 Å². The minimum absolute atomic E-state index is 0.0380. The van der Waals surface area contributed by atoms with Crippen molar-refractivity contribution >= 4 is 26.8 Å². The van der Waals surface area contributed by atoms with Gasteiger partial charge < -0.3 is 20.0 Å². The zero-order valence-electron chi connectivity index (χ0n) is 16.1. The van der Waals surface area contributed by atoms with E-state index < -0.39 is 38.6 Å². The summed E-state index contributed by atoms with van der Waals surface area (Å²) in [5.41, 5.74) is -0.810. The Labute approximate surface area is 172 Å². The molecule has 0 radical (unpaired) electrons. The lowest BCUT2D eigenvalue weighted by molar-refractivity contribution is -0.468. The molecule has 0 aliphatic carbocycles. The van der Waals surface area contributed by atoms with Crippen LogP contribution in [0.15, 0.2) is 48.7 Å². The number of nitrogens with one attached hydrogen (secondary N) is 1. The molecule has 11 heteroatoms. The zero-order chi connectivity index (χ0) is 21.7. The van der Waals surface area contributed by atoms with Gasteiger partial charge >= 0.3 is 11.6 Å². The molecule has 0 spiro atoms. The van der Waals surface area contributed by atoms with E-state index in [0.717, 1.165) is 0 Å². The molecule has 0 unspecified atom stereocenters. The molecule has 3 rings (SSSR count). The van der Waals surface area contributed by atoms with Crippen LogP contribution in [0.5, 0.6) is 0 Å². The first kappa shape index (κ1) is 21.4. The topological polar surface area (TPSA) is 136 Å². The second kappa shape index (κ2) is 9.01. The molecule has 10 nitrogen and oxygen atoms in total. The Morgan fingerprint density at radius 2 is 1.93 bits per heavy atom. The second-order valence-corrected chi connectivity index (χ2v) is 8.54. The number of nitrogens with zero attached hydrogens (tertiary/aromatic N) is 3. The smallest absolute Gasteiger partial charge is 0.347 e. The fourth-order valence-corrected chi connectivity index (χ4v) is 4.35. The molecule has 0 atom stereocenters. The number of ether oxygens (including phenoxy) is 1. The molecule has 0 fully saturated rings. The number of pyridine rings is 1. The van der Waals surface area contributed by atoms with Gasteiger partial charge in [0.1, 0.15) is 11.2 Å². The summed E-state index contributed by atoms with van der Waals surface area (Å²) in [6.07, 6.45) is 1.45. The maximum Gasteiger partial charge on any atom is 0.347 e. The van der Waals surface area contributed by atoms with Crippen LogP contribution in [0, 0.1) is 10.1 Å². The highest BCUT2D eigenvalue weighted by Crippen LogP contribution is 2.18. The standard InChI is InChI=1S/C19H20N4O6S/c1-29-11-10-21-19(24)18-17(13-30(27,28)12-14-6-4-5-9-20-14)22(25)15-7-2-3-8-16(15)23(18)26/h2-9H,10-13H2,1H3,(H,21,24). The van der Waals surface area contributed by atoms with Crippen molar-refractivity contribution in [1.82, 2.24) is 15.0 Å². The number of hydrogen-bond donors (Lipinski definition) is 1. The summed E-state index contributed by atoms with van der Waals surface area (Å²) in [6, 6.07) is 10.7. The number of methoxy groups -OCH3 is 1. The first-order valence-corrected chi connectivity index (χ1v) is 10.8. The van der Waals surface area contributed by atoms with Gasteiger partial charge in [-0.2, -0.15) is 0 Å². The summed E-state index contributed by atoms with van der Waals surface area (Å²) in [7, 11) is -2.48. The van der Waals surface area contributed by atoms with Gasteiger partial charge in [-0.25, -0.2) is 8.42 Å². The molecule has 0 aliphatic heterocycles. The normalized spacial score (nSPS) is 11.5. The quantitative estimate of drug-likeness (QED) is 0.410. The van der Waals surface area contributed by atoms with Gasteiger partial charge in [-0.1, -0.05) is 18.2 Å². The lowest BCUT2D eigenvalue weighted by Crippen LogP contribution is -2.39. The molecule has 0 saturated carbocycles. The zero-order valence-corrected chi connectivity index (χ0v) is 17.0. The minimum atomic E-state index is -3.92. The van der Waals surface area contributed by atoms with Crippen molar-refractivity contribution in [2.24, 2.45) is 0 Å². The number of carbonyl (C=O) groups is 1. The molecule has 30 heavy (non-hydrogen) atoms. The highest BCUT2D eigenvalue weighted by Gasteiger charge is 2.31. The van der Waals surface area contributed by atoms with E-state index in [2.05, 4.69) is 10.3 Å². The second-order valence-electron chi connectivity index (χ2n) is 6.47. The monoisotopic (exact) mass is 432 g/mol. The van der Waals surface area contributed by atoms with Gasteiger partial charge in [0.2, 0.25) is 0 Å². The van der Waals surface area contributed by atoms with Crippen molar-refractivity contribution in [3.63, 3.8) is 0 Å². The molecule has 1 aromatic carbocycles. The third-order valence-corrected chi connectivity index (χ3v) is 5.75. The van der Waals surface area contributed by atoms with Gasteiger partial charge in [-0.05, 0) is 18.2 Å². The van der Waals surface area contributed by atoms with E-state index in [1.54, 1.807) is 24.3 Å². The maximum absolute atomic E-state index is 12.9. The van der Waals surface area contributed by atoms with Crippen LogP contribution in [0.1, 0.15) is 21.9 Å². The molecular formula is C19H20N4O6S. The average molecular weight is 432 g/mol. The van der Waals surface area contributed by atoms with Crippen LogP contribution in [0.2, 0.25) is 0 Å². The molecule has 2 aromatic heterocycles. The van der Waals surface area contributed by atoms with Crippen molar-refractivity contribution in [2.45, 2.75) is 11.5 Å². The predicted molar refractivity (Wildman–Crippen MR) is 109 cm³/mol. The Bertz CT molecular complexity index is 1220. The summed E-state index contributed by atoms with van der Waals surface area (Å²) < 4.78 is 31.0. The Balaban J connectivity index is 2.09. The fraction of sp³-hybridized carbons (Fsp3) is 0.263. The third-order valence-electron chi connectivity index (χ3n) is 4.30. The predicted octanol–water partition coefficient (Wildman–Crippen LogP) is 0.788. The average Bonchev–Trinajstić information content (AvgIpc) is 2.72. The highest BCUT2D eigenvalue weighted by molar-refractivity contribution is 7.89. The van der Waals surface area contributed by atoms with E-state index >= 15 is 0 Å². The highest BCUT2D eigenvalue weighted by atomic mass is 32.2. The molecule has 3 aromatic rings. The summed E-state index contributed by atoms with van der Waals surface area (Å²) in [6.45, 7) is 0.268. The first-order valence-electron chi connectivity index (χ1n) is 8.98. The van der Waals surface area contributed by atoms with Gasteiger partial charge in [-0.3, -0.25) is 9.78 Å². The van der Waals surface area contributed by atoms with E-state index in [0.29, 0.717) is 4.73 Å². The molecule has 2 heterocycles. The van der Waals surface area contributed by atoms with E-state index in [9.17, 15) is 23.3 Å². The number of fused-ring (bicyclic) bond motifs is 1. The number of carbonyl (C=O) groups excluding carboxylic acids is 1. The minimum Gasteiger partial charge on any atom is -0.805 e. The van der Waals surface area contributed by atoms with Crippen molar-refractivity contribution < 1.29 is 22.4 Å². The number of sulfone groups is 1. The lowest BCUT2D eigenvalue weighted by atomic mass is 10.2. The van der Waals surface area contributed by atoms with Gasteiger partial charge in [0, 0.05) is 30.8 Å². The van der Waals surface area contributed by atoms with Gasteiger partial charge in [0.05, 0.1) is 28.2 Å².